The van der Waals surface area contributed by atoms with Gasteiger partial charge in [-0.2, -0.15) is 0 Å². The molecule has 7 nitrogen and oxygen atoms in total. The van der Waals surface area contributed by atoms with Crippen molar-refractivity contribution in [1.29, 1.82) is 0 Å². The standard InChI is InChI=1S/C13H16N6OS/c1-21-10-8-15-11(9-6-16-13(14)17-7-9)18-12(10)19-2-4-20-5-3-19/h6-8H,2-5H2,1H3,(H2,14,16,17). The molecule has 2 aromatic rings. The largest absolute Gasteiger partial charge is 0.378 e. The molecule has 0 aromatic carbocycles. The maximum absolute atomic E-state index is 5.51. The molecule has 0 bridgehead atoms. The summed E-state index contributed by atoms with van der Waals surface area (Å²) in [5.41, 5.74) is 6.26. The topological polar surface area (TPSA) is 90.0 Å². The lowest BCUT2D eigenvalue weighted by Crippen LogP contribution is -2.37. The Morgan fingerprint density at radius 3 is 2.52 bits per heavy atom. The molecule has 1 saturated heterocycles. The monoisotopic (exact) mass is 304 g/mol. The lowest BCUT2D eigenvalue weighted by molar-refractivity contribution is 0.122. The fourth-order valence-electron chi connectivity index (χ4n) is 2.10. The molecule has 3 heterocycles. The average Bonchev–Trinajstić information content (AvgIpc) is 2.56. The number of aromatic nitrogens is 4. The highest BCUT2D eigenvalue weighted by molar-refractivity contribution is 7.98. The Labute approximate surface area is 127 Å². The lowest BCUT2D eigenvalue weighted by Gasteiger charge is -2.29. The van der Waals surface area contributed by atoms with Gasteiger partial charge in [-0.3, -0.25) is 0 Å². The summed E-state index contributed by atoms with van der Waals surface area (Å²) < 4.78 is 5.40. The first-order chi connectivity index (χ1) is 10.3. The van der Waals surface area contributed by atoms with Crippen LogP contribution in [0.4, 0.5) is 11.8 Å². The summed E-state index contributed by atoms with van der Waals surface area (Å²) >= 11 is 1.64. The minimum absolute atomic E-state index is 0.243. The second-order valence-corrected chi connectivity index (χ2v) is 5.36. The van der Waals surface area contributed by atoms with E-state index in [-0.39, 0.29) is 5.95 Å². The molecule has 2 aromatic heterocycles. The smallest absolute Gasteiger partial charge is 0.219 e. The van der Waals surface area contributed by atoms with Gasteiger partial charge in [0.15, 0.2) is 5.82 Å². The van der Waals surface area contributed by atoms with Gasteiger partial charge in [-0.1, -0.05) is 0 Å². The van der Waals surface area contributed by atoms with Crippen LogP contribution in [-0.4, -0.2) is 52.5 Å². The van der Waals surface area contributed by atoms with Gasteiger partial charge in [0.2, 0.25) is 5.95 Å². The molecule has 1 fully saturated rings. The number of hydrogen-bond donors (Lipinski definition) is 1. The molecule has 2 N–H and O–H groups in total. The quantitative estimate of drug-likeness (QED) is 0.842. The zero-order valence-corrected chi connectivity index (χ0v) is 12.5. The van der Waals surface area contributed by atoms with Crippen molar-refractivity contribution < 1.29 is 4.74 Å². The van der Waals surface area contributed by atoms with Crippen molar-refractivity contribution in [1.82, 2.24) is 19.9 Å². The summed E-state index contributed by atoms with van der Waals surface area (Å²) in [7, 11) is 0. The molecule has 3 rings (SSSR count). The van der Waals surface area contributed by atoms with Crippen molar-refractivity contribution in [2.75, 3.05) is 43.2 Å². The highest BCUT2D eigenvalue weighted by Gasteiger charge is 2.18. The number of hydrogen-bond acceptors (Lipinski definition) is 8. The molecular weight excluding hydrogens is 288 g/mol. The first kappa shape index (κ1) is 14.0. The van der Waals surface area contributed by atoms with Crippen LogP contribution in [0.5, 0.6) is 0 Å². The lowest BCUT2D eigenvalue weighted by atomic mass is 10.3. The van der Waals surface area contributed by atoms with Crippen LogP contribution in [0, 0.1) is 0 Å². The van der Waals surface area contributed by atoms with Gasteiger partial charge in [0.25, 0.3) is 0 Å². The maximum Gasteiger partial charge on any atom is 0.219 e. The summed E-state index contributed by atoms with van der Waals surface area (Å²) in [6.45, 7) is 3.11. The molecule has 0 atom stereocenters. The highest BCUT2D eigenvalue weighted by atomic mass is 32.2. The minimum atomic E-state index is 0.243. The normalized spacial score (nSPS) is 15.2. The Hall–Kier alpha value is -1.93. The Bertz CT molecular complexity index is 615. The van der Waals surface area contributed by atoms with E-state index in [4.69, 9.17) is 10.5 Å². The first-order valence-electron chi connectivity index (χ1n) is 6.59. The van der Waals surface area contributed by atoms with E-state index in [1.54, 1.807) is 24.2 Å². The summed E-state index contributed by atoms with van der Waals surface area (Å²) in [5.74, 6) is 1.79. The van der Waals surface area contributed by atoms with Crippen LogP contribution < -0.4 is 10.6 Å². The third-order valence-corrected chi connectivity index (χ3v) is 3.92. The van der Waals surface area contributed by atoms with Crippen molar-refractivity contribution in [2.45, 2.75) is 4.90 Å². The van der Waals surface area contributed by atoms with Crippen molar-refractivity contribution >= 4 is 23.5 Å². The Morgan fingerprint density at radius 2 is 1.86 bits per heavy atom. The average molecular weight is 304 g/mol. The van der Waals surface area contributed by atoms with Crippen molar-refractivity contribution in [3.05, 3.63) is 18.6 Å². The van der Waals surface area contributed by atoms with E-state index in [9.17, 15) is 0 Å². The number of ether oxygens (including phenoxy) is 1. The first-order valence-corrected chi connectivity index (χ1v) is 7.82. The molecule has 0 unspecified atom stereocenters. The molecule has 0 radical (unpaired) electrons. The van der Waals surface area contributed by atoms with E-state index in [2.05, 4.69) is 24.8 Å². The maximum atomic E-state index is 5.51. The van der Waals surface area contributed by atoms with Gasteiger partial charge in [0.05, 0.1) is 23.7 Å². The third kappa shape index (κ3) is 3.06. The number of morpholine rings is 1. The summed E-state index contributed by atoms with van der Waals surface area (Å²) in [6.07, 6.45) is 7.14. The molecular formula is C13H16N6OS. The van der Waals surface area contributed by atoms with E-state index < -0.39 is 0 Å². The SMILES string of the molecule is CSc1cnc(-c2cnc(N)nc2)nc1N1CCOCC1. The van der Waals surface area contributed by atoms with Crippen molar-refractivity contribution in [3.8, 4) is 11.4 Å². The Balaban J connectivity index is 1.97. The zero-order chi connectivity index (χ0) is 14.7. The van der Waals surface area contributed by atoms with Crippen LogP contribution in [-0.2, 0) is 4.74 Å². The highest BCUT2D eigenvalue weighted by Crippen LogP contribution is 2.28. The van der Waals surface area contributed by atoms with E-state index in [1.807, 2.05) is 12.5 Å². The van der Waals surface area contributed by atoms with Crippen LogP contribution in [0.15, 0.2) is 23.5 Å². The van der Waals surface area contributed by atoms with Crippen LogP contribution >= 0.6 is 11.8 Å². The third-order valence-electron chi connectivity index (χ3n) is 3.20. The van der Waals surface area contributed by atoms with Gasteiger partial charge in [-0.25, -0.2) is 19.9 Å². The fourth-order valence-corrected chi connectivity index (χ4v) is 2.62. The van der Waals surface area contributed by atoms with Crippen LogP contribution in [0.2, 0.25) is 0 Å². The summed E-state index contributed by atoms with van der Waals surface area (Å²) in [4.78, 5) is 20.3. The number of nitrogen functional groups attached to an aromatic ring is 1. The second kappa shape index (κ2) is 6.23. The fraction of sp³-hybridized carbons (Fsp3) is 0.385. The molecule has 1 aliphatic heterocycles. The predicted octanol–water partition coefficient (Wildman–Crippen LogP) is 1.07. The zero-order valence-electron chi connectivity index (χ0n) is 11.7. The van der Waals surface area contributed by atoms with Crippen molar-refractivity contribution in [3.63, 3.8) is 0 Å². The number of anilines is 2. The van der Waals surface area contributed by atoms with Gasteiger partial charge < -0.3 is 15.4 Å². The van der Waals surface area contributed by atoms with Gasteiger partial charge in [0, 0.05) is 31.7 Å². The van der Waals surface area contributed by atoms with E-state index in [1.165, 1.54) is 0 Å². The Morgan fingerprint density at radius 1 is 1.14 bits per heavy atom. The summed E-state index contributed by atoms with van der Waals surface area (Å²) in [6, 6.07) is 0. The molecule has 0 spiro atoms. The van der Waals surface area contributed by atoms with Gasteiger partial charge in [-0.15, -0.1) is 11.8 Å². The van der Waals surface area contributed by atoms with Crippen LogP contribution in [0.25, 0.3) is 11.4 Å². The molecule has 1 aliphatic rings. The second-order valence-electron chi connectivity index (χ2n) is 4.51. The van der Waals surface area contributed by atoms with Crippen LogP contribution in [0.1, 0.15) is 0 Å². The molecule has 8 heteroatoms. The van der Waals surface area contributed by atoms with E-state index >= 15 is 0 Å². The number of rotatable bonds is 3. The molecule has 21 heavy (non-hydrogen) atoms. The molecule has 0 aliphatic carbocycles. The predicted molar refractivity (Wildman–Crippen MR) is 82.3 cm³/mol. The van der Waals surface area contributed by atoms with E-state index in [0.29, 0.717) is 5.82 Å². The minimum Gasteiger partial charge on any atom is -0.378 e. The van der Waals surface area contributed by atoms with Crippen molar-refractivity contribution in [2.24, 2.45) is 0 Å². The van der Waals surface area contributed by atoms with Gasteiger partial charge >= 0.3 is 0 Å². The van der Waals surface area contributed by atoms with Gasteiger partial charge in [-0.05, 0) is 6.26 Å². The summed E-state index contributed by atoms with van der Waals surface area (Å²) in [5, 5.41) is 0. The van der Waals surface area contributed by atoms with E-state index in [0.717, 1.165) is 42.6 Å². The molecule has 0 saturated carbocycles. The number of thioether (sulfide) groups is 1. The number of nitrogens with zero attached hydrogens (tertiary/aromatic N) is 5. The molecule has 0 amide bonds. The molecule has 110 valence electrons. The van der Waals surface area contributed by atoms with Crippen LogP contribution in [0.3, 0.4) is 0 Å². The van der Waals surface area contributed by atoms with Gasteiger partial charge in [0.1, 0.15) is 5.82 Å². The number of nitrogens with two attached hydrogens (primary N) is 1. The Kier molecular flexibility index (Phi) is 4.16.